The summed E-state index contributed by atoms with van der Waals surface area (Å²) in [5.41, 5.74) is 12.0. The number of nitrogens with zero attached hydrogens (tertiary/aromatic N) is 4. The van der Waals surface area contributed by atoms with Crippen LogP contribution in [0.25, 0.3) is 21.9 Å². The van der Waals surface area contributed by atoms with Gasteiger partial charge in [-0.05, 0) is 30.5 Å². The van der Waals surface area contributed by atoms with Gasteiger partial charge in [-0.3, -0.25) is 0 Å². The van der Waals surface area contributed by atoms with Crippen LogP contribution in [0, 0.1) is 29.0 Å². The number of benzene rings is 1. The zero-order valence-electron chi connectivity index (χ0n) is 17.8. The highest BCUT2D eigenvalue weighted by Crippen LogP contribution is 2.56. The molecule has 0 spiro atoms. The van der Waals surface area contributed by atoms with E-state index in [1.165, 1.54) is 6.33 Å². The summed E-state index contributed by atoms with van der Waals surface area (Å²) in [7, 11) is 0. The molecule has 0 unspecified atom stereocenters. The summed E-state index contributed by atoms with van der Waals surface area (Å²) >= 11 is 6.01. The first kappa shape index (κ1) is 21.1. The van der Waals surface area contributed by atoms with Gasteiger partial charge in [-0.25, -0.2) is 19.3 Å². The number of halogens is 2. The van der Waals surface area contributed by atoms with Crippen molar-refractivity contribution in [3.8, 4) is 11.8 Å². The molecule has 34 heavy (non-hydrogen) atoms. The number of rotatable bonds is 4. The van der Waals surface area contributed by atoms with Gasteiger partial charge in [0.25, 0.3) is 0 Å². The molecule has 8 nitrogen and oxygen atoms in total. The lowest BCUT2D eigenvalue weighted by Gasteiger charge is -2.37. The summed E-state index contributed by atoms with van der Waals surface area (Å²) in [6, 6.07) is 6.26. The molecule has 10 heteroatoms. The predicted octanol–water partition coefficient (Wildman–Crippen LogP) is 2.47. The van der Waals surface area contributed by atoms with Gasteiger partial charge in [-0.1, -0.05) is 35.6 Å². The van der Waals surface area contributed by atoms with Crippen LogP contribution in [0.2, 0.25) is 5.02 Å². The molecule has 2 aliphatic rings. The summed E-state index contributed by atoms with van der Waals surface area (Å²) in [6.45, 7) is 0. The number of anilines is 2. The molecule has 4 aromatic rings. The lowest BCUT2D eigenvalue weighted by Crippen LogP contribution is -2.42. The van der Waals surface area contributed by atoms with E-state index in [1.54, 1.807) is 35.0 Å². The third-order valence-electron chi connectivity index (χ3n) is 7.21. The van der Waals surface area contributed by atoms with Crippen molar-refractivity contribution < 1.29 is 14.6 Å². The maximum atomic E-state index is 15.2. The first-order valence-electron chi connectivity index (χ1n) is 10.8. The minimum absolute atomic E-state index is 0.0642. The van der Waals surface area contributed by atoms with E-state index < -0.39 is 29.5 Å². The molecule has 5 atom stereocenters. The molecule has 172 valence electrons. The van der Waals surface area contributed by atoms with E-state index in [-0.39, 0.29) is 22.3 Å². The number of aryl methyl sites for hydroxylation is 1. The maximum absolute atomic E-state index is 15.2. The predicted molar refractivity (Wildman–Crippen MR) is 126 cm³/mol. The van der Waals surface area contributed by atoms with Gasteiger partial charge in [-0.2, -0.15) is 0 Å². The van der Waals surface area contributed by atoms with Crippen LogP contribution >= 0.6 is 11.6 Å². The zero-order chi connectivity index (χ0) is 23.8. The highest BCUT2D eigenvalue weighted by atomic mass is 35.5. The van der Waals surface area contributed by atoms with E-state index in [0.717, 1.165) is 0 Å². The smallest absolute Gasteiger partial charge is 0.152 e. The fraction of sp³-hybridized carbons (Fsp3) is 0.292. The van der Waals surface area contributed by atoms with Crippen LogP contribution in [0.5, 0.6) is 0 Å². The molecule has 0 radical (unpaired) electrons. The lowest BCUT2D eigenvalue weighted by molar-refractivity contribution is -0.0143. The molecule has 1 aromatic carbocycles. The third kappa shape index (κ3) is 2.76. The Balaban J connectivity index is 1.32. The molecule has 1 fully saturated rings. The Kier molecular flexibility index (Phi) is 4.51. The Morgan fingerprint density at radius 2 is 2.00 bits per heavy atom. The zero-order valence-corrected chi connectivity index (χ0v) is 18.5. The summed E-state index contributed by atoms with van der Waals surface area (Å²) in [5, 5.41) is 23.6. The monoisotopic (exact) mass is 478 g/mol. The van der Waals surface area contributed by atoms with Crippen LogP contribution in [0.4, 0.5) is 16.0 Å². The van der Waals surface area contributed by atoms with Gasteiger partial charge in [0.05, 0.1) is 33.9 Å². The van der Waals surface area contributed by atoms with Crippen molar-refractivity contribution in [1.29, 1.82) is 0 Å². The van der Waals surface area contributed by atoms with Crippen molar-refractivity contribution in [1.82, 2.24) is 19.5 Å². The Labute approximate surface area is 198 Å². The first-order valence-corrected chi connectivity index (χ1v) is 11.2. The molecule has 6 rings (SSSR count). The molecule has 0 amide bonds. The highest BCUT2D eigenvalue weighted by Gasteiger charge is 2.62. The van der Waals surface area contributed by atoms with Crippen LogP contribution in [-0.4, -0.2) is 41.9 Å². The van der Waals surface area contributed by atoms with Gasteiger partial charge in [0.15, 0.2) is 5.82 Å². The van der Waals surface area contributed by atoms with Crippen LogP contribution < -0.4 is 11.5 Å². The fourth-order valence-electron chi connectivity index (χ4n) is 5.37. The van der Waals surface area contributed by atoms with E-state index in [1.807, 2.05) is 0 Å². The number of nitrogen functional groups attached to an aromatic ring is 2. The minimum Gasteiger partial charge on any atom is -0.389 e. The van der Waals surface area contributed by atoms with Crippen molar-refractivity contribution >= 4 is 45.2 Å². The second kappa shape index (κ2) is 7.27. The molecule has 1 saturated carbocycles. The largest absolute Gasteiger partial charge is 0.389 e. The van der Waals surface area contributed by atoms with Gasteiger partial charge >= 0.3 is 0 Å². The van der Waals surface area contributed by atoms with Crippen molar-refractivity contribution in [3.63, 3.8) is 0 Å². The van der Waals surface area contributed by atoms with Crippen LogP contribution in [-0.2, 0) is 6.42 Å². The van der Waals surface area contributed by atoms with E-state index in [0.29, 0.717) is 40.6 Å². The summed E-state index contributed by atoms with van der Waals surface area (Å²) in [6.07, 6.45) is 1.61. The molecule has 3 heterocycles. The average Bonchev–Trinajstić information content (AvgIpc) is 3.28. The standard InChI is InChI=1S/C24H20ClFN6O2/c25-15-9-12-2-1-11(16(26)17(12)31-22(15)28)3-6-24-7-4-14(24)18(19(33)20(24)34)32-8-5-13-21(27)29-10-30-23(13)32/h1-2,5,8-10,14,18-20,33-34H,3,6H2,(H2,28,31)(H2,27,29,30)/t14-,18-,19+,20+,24-/m1/s1. The van der Waals surface area contributed by atoms with E-state index >= 15 is 4.39 Å². The fourth-order valence-corrected chi connectivity index (χ4v) is 5.53. The van der Waals surface area contributed by atoms with E-state index in [4.69, 9.17) is 23.1 Å². The van der Waals surface area contributed by atoms with E-state index in [2.05, 4.69) is 26.8 Å². The van der Waals surface area contributed by atoms with Crippen LogP contribution in [0.1, 0.15) is 18.0 Å². The first-order chi connectivity index (χ1) is 16.3. The number of nitrogens with two attached hydrogens (primary N) is 2. The molecular weight excluding hydrogens is 459 g/mol. The molecule has 0 aliphatic heterocycles. The number of hydrogen-bond acceptors (Lipinski definition) is 7. The number of aliphatic hydroxyl groups excluding tert-OH is 2. The molecule has 0 bridgehead atoms. The van der Waals surface area contributed by atoms with Crippen molar-refractivity contribution in [2.45, 2.75) is 31.1 Å². The average molecular weight is 479 g/mol. The second-order valence-electron chi connectivity index (χ2n) is 8.90. The highest BCUT2D eigenvalue weighted by molar-refractivity contribution is 6.33. The normalized spacial score (nSPS) is 27.4. The van der Waals surface area contributed by atoms with Crippen molar-refractivity contribution in [2.24, 2.45) is 11.3 Å². The number of pyridine rings is 1. The van der Waals surface area contributed by atoms with Gasteiger partial charge in [0.2, 0.25) is 0 Å². The lowest BCUT2D eigenvalue weighted by atomic mass is 9.66. The Hall–Kier alpha value is -3.45. The molecular formula is C24H20ClFN6O2. The second-order valence-corrected chi connectivity index (χ2v) is 9.31. The molecule has 0 saturated heterocycles. The Morgan fingerprint density at radius 3 is 2.76 bits per heavy atom. The Morgan fingerprint density at radius 1 is 1.18 bits per heavy atom. The van der Waals surface area contributed by atoms with Crippen LogP contribution in [0.3, 0.4) is 0 Å². The number of fused-ring (bicyclic) bond motifs is 3. The van der Waals surface area contributed by atoms with Gasteiger partial charge in [0.1, 0.15) is 35.2 Å². The molecule has 6 N–H and O–H groups in total. The van der Waals surface area contributed by atoms with Gasteiger partial charge in [-0.15, -0.1) is 0 Å². The molecule has 3 aromatic heterocycles. The van der Waals surface area contributed by atoms with Gasteiger partial charge in [0, 0.05) is 11.6 Å². The number of hydrogen-bond donors (Lipinski definition) is 4. The topological polar surface area (TPSA) is 136 Å². The van der Waals surface area contributed by atoms with Gasteiger partial charge < -0.3 is 26.2 Å². The van der Waals surface area contributed by atoms with Crippen molar-refractivity contribution in [3.05, 3.63) is 53.2 Å². The molecule has 2 aliphatic carbocycles. The summed E-state index contributed by atoms with van der Waals surface area (Å²) in [5.74, 6) is 5.80. The SMILES string of the molecule is Nc1nc2c(F)c(CC[C@@]34C#C[C@@H]3[C@@H](n3ccc5c(N)ncnc53)[C@H](O)[C@@H]4O)ccc2cc1Cl. The summed E-state index contributed by atoms with van der Waals surface area (Å²) in [4.78, 5) is 12.4. The third-order valence-corrected chi connectivity index (χ3v) is 7.52. The number of aliphatic hydroxyl groups is 2. The minimum atomic E-state index is -1.10. The van der Waals surface area contributed by atoms with Crippen molar-refractivity contribution in [2.75, 3.05) is 11.5 Å². The maximum Gasteiger partial charge on any atom is 0.152 e. The van der Waals surface area contributed by atoms with Crippen LogP contribution in [0.15, 0.2) is 36.8 Å². The summed E-state index contributed by atoms with van der Waals surface area (Å²) < 4.78 is 17.0. The quantitative estimate of drug-likeness (QED) is 0.331. The number of aromatic nitrogens is 4. The Bertz CT molecular complexity index is 1550. The van der Waals surface area contributed by atoms with E-state index in [9.17, 15) is 10.2 Å².